The lowest BCUT2D eigenvalue weighted by molar-refractivity contribution is 0.397. The van der Waals surface area contributed by atoms with Crippen LogP contribution in [0.2, 0.25) is 0 Å². The van der Waals surface area contributed by atoms with Crippen LogP contribution in [0.4, 0.5) is 0 Å². The first-order chi connectivity index (χ1) is 8.88. The van der Waals surface area contributed by atoms with Crippen molar-refractivity contribution in [1.29, 1.82) is 0 Å². The molecule has 0 spiro atoms. The molecular weight excluding hydrogens is 230 g/mol. The molecule has 1 N–H and O–H groups in total. The van der Waals surface area contributed by atoms with Crippen molar-refractivity contribution in [2.24, 2.45) is 0 Å². The maximum atomic E-state index is 5.51. The maximum absolute atomic E-state index is 5.51. The van der Waals surface area contributed by atoms with E-state index in [0.29, 0.717) is 18.5 Å². The molecule has 3 rings (SSSR count). The fraction of sp³-hybridized carbons (Fsp3) is 0.385. The maximum Gasteiger partial charge on any atom is 0.240 e. The van der Waals surface area contributed by atoms with Crippen molar-refractivity contribution in [3.63, 3.8) is 0 Å². The molecule has 94 valence electrons. The van der Waals surface area contributed by atoms with Crippen LogP contribution in [0, 0.1) is 0 Å². The quantitative estimate of drug-likeness (QED) is 0.873. The van der Waals surface area contributed by atoms with E-state index in [1.807, 2.05) is 6.07 Å². The summed E-state index contributed by atoms with van der Waals surface area (Å²) in [5.74, 6) is 1.40. The van der Waals surface area contributed by atoms with Gasteiger partial charge in [0.25, 0.3) is 0 Å². The SMILES string of the molecule is COc1nccnc1-c1ccoc1CNC1CC1. The highest BCUT2D eigenvalue weighted by Crippen LogP contribution is 2.29. The predicted molar refractivity (Wildman–Crippen MR) is 66.1 cm³/mol. The Labute approximate surface area is 105 Å². The third kappa shape index (κ3) is 2.22. The third-order valence-corrected chi connectivity index (χ3v) is 2.99. The molecule has 0 atom stereocenters. The largest absolute Gasteiger partial charge is 0.479 e. The van der Waals surface area contributed by atoms with E-state index in [1.54, 1.807) is 25.8 Å². The summed E-state index contributed by atoms with van der Waals surface area (Å²) in [5, 5.41) is 3.42. The van der Waals surface area contributed by atoms with Gasteiger partial charge in [-0.05, 0) is 18.9 Å². The number of nitrogens with zero attached hydrogens (tertiary/aromatic N) is 2. The summed E-state index contributed by atoms with van der Waals surface area (Å²) < 4.78 is 10.7. The first-order valence-electron chi connectivity index (χ1n) is 6.03. The van der Waals surface area contributed by atoms with Gasteiger partial charge in [0, 0.05) is 24.0 Å². The summed E-state index contributed by atoms with van der Waals surface area (Å²) >= 11 is 0. The molecule has 1 aliphatic rings. The number of rotatable bonds is 5. The zero-order chi connectivity index (χ0) is 12.4. The molecule has 0 aliphatic heterocycles. The number of ether oxygens (including phenoxy) is 1. The molecule has 5 heteroatoms. The monoisotopic (exact) mass is 245 g/mol. The normalized spacial score (nSPS) is 14.7. The zero-order valence-electron chi connectivity index (χ0n) is 10.2. The van der Waals surface area contributed by atoms with Gasteiger partial charge in [0.1, 0.15) is 11.5 Å². The summed E-state index contributed by atoms with van der Waals surface area (Å²) in [5.41, 5.74) is 1.66. The summed E-state index contributed by atoms with van der Waals surface area (Å²) in [7, 11) is 1.59. The fourth-order valence-electron chi connectivity index (χ4n) is 1.87. The van der Waals surface area contributed by atoms with Gasteiger partial charge in [-0.15, -0.1) is 0 Å². The molecule has 5 nitrogen and oxygen atoms in total. The Morgan fingerprint density at radius 1 is 1.39 bits per heavy atom. The molecule has 0 radical (unpaired) electrons. The van der Waals surface area contributed by atoms with Crippen molar-refractivity contribution >= 4 is 0 Å². The molecule has 2 aromatic heterocycles. The van der Waals surface area contributed by atoms with Gasteiger partial charge in [-0.3, -0.25) is 0 Å². The molecule has 0 bridgehead atoms. The van der Waals surface area contributed by atoms with Crippen molar-refractivity contribution in [2.75, 3.05) is 7.11 Å². The van der Waals surface area contributed by atoms with Gasteiger partial charge in [0.2, 0.25) is 5.88 Å². The average molecular weight is 245 g/mol. The van der Waals surface area contributed by atoms with Crippen molar-refractivity contribution in [1.82, 2.24) is 15.3 Å². The Kier molecular flexibility index (Phi) is 2.98. The Bertz CT molecular complexity index is 535. The van der Waals surface area contributed by atoms with E-state index < -0.39 is 0 Å². The number of aromatic nitrogens is 2. The number of nitrogens with one attached hydrogen (secondary N) is 1. The van der Waals surface area contributed by atoms with Crippen LogP contribution in [0.25, 0.3) is 11.3 Å². The van der Waals surface area contributed by atoms with Crippen molar-refractivity contribution in [3.05, 3.63) is 30.5 Å². The van der Waals surface area contributed by atoms with Gasteiger partial charge in [0.15, 0.2) is 0 Å². The molecule has 0 unspecified atom stereocenters. The van der Waals surface area contributed by atoms with Crippen LogP contribution in [-0.4, -0.2) is 23.1 Å². The highest BCUT2D eigenvalue weighted by Gasteiger charge is 2.22. The summed E-state index contributed by atoms with van der Waals surface area (Å²) in [6.07, 6.45) is 7.45. The molecule has 1 aliphatic carbocycles. The minimum Gasteiger partial charge on any atom is -0.479 e. The Balaban J connectivity index is 1.88. The first kappa shape index (κ1) is 11.2. The molecule has 2 aromatic rings. The minimum atomic E-state index is 0.520. The number of hydrogen-bond acceptors (Lipinski definition) is 5. The minimum absolute atomic E-state index is 0.520. The van der Waals surface area contributed by atoms with E-state index in [2.05, 4.69) is 15.3 Å². The van der Waals surface area contributed by atoms with E-state index >= 15 is 0 Å². The van der Waals surface area contributed by atoms with Crippen LogP contribution in [0.15, 0.2) is 29.1 Å². The Hall–Kier alpha value is -1.88. The van der Waals surface area contributed by atoms with Crippen molar-refractivity contribution in [3.8, 4) is 17.1 Å². The van der Waals surface area contributed by atoms with E-state index in [9.17, 15) is 0 Å². The molecule has 0 amide bonds. The smallest absolute Gasteiger partial charge is 0.240 e. The Morgan fingerprint density at radius 2 is 2.22 bits per heavy atom. The molecule has 0 saturated heterocycles. The van der Waals surface area contributed by atoms with Crippen LogP contribution >= 0.6 is 0 Å². The highest BCUT2D eigenvalue weighted by molar-refractivity contribution is 5.65. The van der Waals surface area contributed by atoms with Gasteiger partial charge in [-0.2, -0.15) is 0 Å². The van der Waals surface area contributed by atoms with Crippen molar-refractivity contribution < 1.29 is 9.15 Å². The summed E-state index contributed by atoms with van der Waals surface area (Å²) in [6.45, 7) is 0.715. The Morgan fingerprint density at radius 3 is 3.00 bits per heavy atom. The van der Waals surface area contributed by atoms with Gasteiger partial charge in [0.05, 0.1) is 19.9 Å². The molecule has 1 saturated carbocycles. The second-order valence-electron chi connectivity index (χ2n) is 4.33. The van der Waals surface area contributed by atoms with Gasteiger partial charge in [-0.25, -0.2) is 9.97 Å². The van der Waals surface area contributed by atoms with E-state index in [0.717, 1.165) is 17.0 Å². The second kappa shape index (κ2) is 4.78. The predicted octanol–water partition coefficient (Wildman–Crippen LogP) is 2.00. The second-order valence-corrected chi connectivity index (χ2v) is 4.33. The lowest BCUT2D eigenvalue weighted by Gasteiger charge is -2.06. The summed E-state index contributed by atoms with van der Waals surface area (Å²) in [6, 6.07) is 2.54. The standard InChI is InChI=1S/C13H15N3O2/c1-17-13-12(14-5-6-15-13)10-4-7-18-11(10)8-16-9-2-3-9/h4-7,9,16H,2-3,8H2,1H3. The van der Waals surface area contributed by atoms with E-state index in [4.69, 9.17) is 9.15 Å². The first-order valence-corrected chi connectivity index (χ1v) is 6.03. The van der Waals surface area contributed by atoms with Crippen LogP contribution in [0.5, 0.6) is 5.88 Å². The number of hydrogen-bond donors (Lipinski definition) is 1. The van der Waals surface area contributed by atoms with Crippen LogP contribution in [0.3, 0.4) is 0 Å². The van der Waals surface area contributed by atoms with Gasteiger partial charge >= 0.3 is 0 Å². The van der Waals surface area contributed by atoms with Gasteiger partial charge in [-0.1, -0.05) is 0 Å². The molecule has 1 fully saturated rings. The third-order valence-electron chi connectivity index (χ3n) is 2.99. The average Bonchev–Trinajstić information content (AvgIpc) is 3.13. The summed E-state index contributed by atoms with van der Waals surface area (Å²) in [4.78, 5) is 8.48. The number of methoxy groups -OCH3 is 1. The zero-order valence-corrected chi connectivity index (χ0v) is 10.2. The molecule has 0 aromatic carbocycles. The van der Waals surface area contributed by atoms with E-state index in [-0.39, 0.29) is 0 Å². The molecular formula is C13H15N3O2. The van der Waals surface area contributed by atoms with Crippen LogP contribution < -0.4 is 10.1 Å². The molecule has 18 heavy (non-hydrogen) atoms. The lowest BCUT2D eigenvalue weighted by Crippen LogP contribution is -2.15. The van der Waals surface area contributed by atoms with E-state index in [1.165, 1.54) is 12.8 Å². The fourth-order valence-corrected chi connectivity index (χ4v) is 1.87. The topological polar surface area (TPSA) is 60.2 Å². The van der Waals surface area contributed by atoms with Crippen molar-refractivity contribution in [2.45, 2.75) is 25.4 Å². The van der Waals surface area contributed by atoms with Crippen LogP contribution in [-0.2, 0) is 6.54 Å². The van der Waals surface area contributed by atoms with Gasteiger partial charge < -0.3 is 14.5 Å². The van der Waals surface area contributed by atoms with Crippen LogP contribution in [0.1, 0.15) is 18.6 Å². The number of furan rings is 1. The lowest BCUT2D eigenvalue weighted by atomic mass is 10.2. The molecule has 2 heterocycles. The highest BCUT2D eigenvalue weighted by atomic mass is 16.5.